The lowest BCUT2D eigenvalue weighted by Gasteiger charge is -2.26. The van der Waals surface area contributed by atoms with E-state index in [1.807, 2.05) is 11.0 Å². The molecule has 2 aliphatic rings. The molecule has 6 heteroatoms. The summed E-state index contributed by atoms with van der Waals surface area (Å²) in [5, 5.41) is 3.36. The molecule has 1 amide bonds. The maximum atomic E-state index is 13.8. The SMILES string of the molecule is CC(=O)N1CCCN(c2ccc(F)cc2NCC2=CCCOC2)CC1. The van der Waals surface area contributed by atoms with Crippen molar-refractivity contribution in [2.75, 3.05) is 56.2 Å². The fourth-order valence-electron chi connectivity index (χ4n) is 3.34. The van der Waals surface area contributed by atoms with Crippen LogP contribution in [-0.2, 0) is 9.53 Å². The molecule has 0 radical (unpaired) electrons. The van der Waals surface area contributed by atoms with Gasteiger partial charge in [-0.2, -0.15) is 0 Å². The smallest absolute Gasteiger partial charge is 0.219 e. The van der Waals surface area contributed by atoms with Crippen molar-refractivity contribution in [3.63, 3.8) is 0 Å². The molecule has 2 aliphatic heterocycles. The number of nitrogens with zero attached hydrogens (tertiary/aromatic N) is 2. The van der Waals surface area contributed by atoms with Crippen LogP contribution in [-0.4, -0.2) is 56.7 Å². The summed E-state index contributed by atoms with van der Waals surface area (Å²) < 4.78 is 19.2. The topological polar surface area (TPSA) is 44.8 Å². The van der Waals surface area contributed by atoms with Crippen molar-refractivity contribution >= 4 is 17.3 Å². The number of halogens is 1. The molecule has 1 aromatic rings. The Labute approximate surface area is 148 Å². The Morgan fingerprint density at radius 3 is 2.92 bits per heavy atom. The molecule has 0 unspecified atom stereocenters. The Kier molecular flexibility index (Phi) is 5.91. The number of ether oxygens (including phenoxy) is 1. The molecule has 1 saturated heterocycles. The van der Waals surface area contributed by atoms with Gasteiger partial charge in [0, 0.05) is 39.6 Å². The Morgan fingerprint density at radius 2 is 2.16 bits per heavy atom. The van der Waals surface area contributed by atoms with Crippen LogP contribution in [0.25, 0.3) is 0 Å². The van der Waals surface area contributed by atoms with Crippen LogP contribution in [0.5, 0.6) is 0 Å². The highest BCUT2D eigenvalue weighted by Crippen LogP contribution is 2.28. The first-order chi connectivity index (χ1) is 12.1. The summed E-state index contributed by atoms with van der Waals surface area (Å²) in [5.41, 5.74) is 2.98. The van der Waals surface area contributed by atoms with Crippen LogP contribution in [0.3, 0.4) is 0 Å². The minimum atomic E-state index is -0.250. The van der Waals surface area contributed by atoms with Crippen molar-refractivity contribution in [1.29, 1.82) is 0 Å². The molecule has 0 aromatic heterocycles. The average Bonchev–Trinajstić information content (AvgIpc) is 2.87. The van der Waals surface area contributed by atoms with Crippen molar-refractivity contribution in [3.05, 3.63) is 35.7 Å². The second-order valence-electron chi connectivity index (χ2n) is 6.57. The molecule has 25 heavy (non-hydrogen) atoms. The van der Waals surface area contributed by atoms with Gasteiger partial charge in [-0.1, -0.05) is 6.08 Å². The number of hydrogen-bond acceptors (Lipinski definition) is 4. The molecule has 0 bridgehead atoms. The van der Waals surface area contributed by atoms with E-state index in [1.165, 1.54) is 11.6 Å². The summed E-state index contributed by atoms with van der Waals surface area (Å²) in [6, 6.07) is 4.87. The number of carbonyl (C=O) groups is 1. The van der Waals surface area contributed by atoms with E-state index in [-0.39, 0.29) is 11.7 Å². The highest BCUT2D eigenvalue weighted by Gasteiger charge is 2.19. The lowest BCUT2D eigenvalue weighted by Crippen LogP contribution is -2.33. The predicted octanol–water partition coefficient (Wildman–Crippen LogP) is 2.64. The molecule has 5 nitrogen and oxygen atoms in total. The van der Waals surface area contributed by atoms with Crippen molar-refractivity contribution in [2.45, 2.75) is 19.8 Å². The number of anilines is 2. The standard InChI is InChI=1S/C19H26FN3O2/c1-15(24)22-7-3-8-23(10-9-22)19-6-5-17(20)12-18(19)21-13-16-4-2-11-25-14-16/h4-6,12,21H,2-3,7-11,13-14H2,1H3. The van der Waals surface area contributed by atoms with Crippen LogP contribution in [0, 0.1) is 5.82 Å². The Morgan fingerprint density at radius 1 is 1.28 bits per heavy atom. The van der Waals surface area contributed by atoms with Crippen LogP contribution < -0.4 is 10.2 Å². The van der Waals surface area contributed by atoms with Gasteiger partial charge in [-0.3, -0.25) is 4.79 Å². The number of nitrogens with one attached hydrogen (secondary N) is 1. The lowest BCUT2D eigenvalue weighted by atomic mass is 10.1. The molecule has 0 spiro atoms. The predicted molar refractivity (Wildman–Crippen MR) is 97.5 cm³/mol. The summed E-state index contributed by atoms with van der Waals surface area (Å²) in [6.45, 7) is 6.77. The second kappa shape index (κ2) is 8.34. The van der Waals surface area contributed by atoms with Crippen LogP contribution in [0.2, 0.25) is 0 Å². The van der Waals surface area contributed by atoms with E-state index in [9.17, 15) is 9.18 Å². The van der Waals surface area contributed by atoms with Gasteiger partial charge in [-0.15, -0.1) is 0 Å². The molecule has 136 valence electrons. The second-order valence-corrected chi connectivity index (χ2v) is 6.57. The third-order valence-corrected chi connectivity index (χ3v) is 4.73. The summed E-state index contributed by atoms with van der Waals surface area (Å²) in [4.78, 5) is 15.7. The van der Waals surface area contributed by atoms with Crippen molar-refractivity contribution in [1.82, 2.24) is 4.90 Å². The van der Waals surface area contributed by atoms with Gasteiger partial charge in [-0.05, 0) is 36.6 Å². The molecular weight excluding hydrogens is 321 g/mol. The lowest BCUT2D eigenvalue weighted by molar-refractivity contribution is -0.128. The third kappa shape index (κ3) is 4.72. The molecule has 3 rings (SSSR count). The van der Waals surface area contributed by atoms with Gasteiger partial charge in [0.15, 0.2) is 0 Å². The van der Waals surface area contributed by atoms with Gasteiger partial charge in [0.1, 0.15) is 5.82 Å². The number of hydrogen-bond donors (Lipinski definition) is 1. The van der Waals surface area contributed by atoms with E-state index >= 15 is 0 Å². The van der Waals surface area contributed by atoms with Crippen LogP contribution in [0.4, 0.5) is 15.8 Å². The quantitative estimate of drug-likeness (QED) is 0.851. The highest BCUT2D eigenvalue weighted by atomic mass is 19.1. The molecule has 0 saturated carbocycles. The minimum Gasteiger partial charge on any atom is -0.379 e. The van der Waals surface area contributed by atoms with Gasteiger partial charge in [-0.25, -0.2) is 4.39 Å². The first kappa shape index (κ1) is 17.7. The van der Waals surface area contributed by atoms with E-state index in [2.05, 4.69) is 16.3 Å². The summed E-state index contributed by atoms with van der Waals surface area (Å²) >= 11 is 0. The minimum absolute atomic E-state index is 0.114. The normalized spacial score (nSPS) is 18.6. The largest absolute Gasteiger partial charge is 0.379 e. The van der Waals surface area contributed by atoms with Crippen molar-refractivity contribution < 1.29 is 13.9 Å². The molecule has 0 aliphatic carbocycles. The van der Waals surface area contributed by atoms with Crippen LogP contribution >= 0.6 is 0 Å². The number of carbonyl (C=O) groups excluding carboxylic acids is 1. The van der Waals surface area contributed by atoms with Crippen molar-refractivity contribution in [3.8, 4) is 0 Å². The van der Waals surface area contributed by atoms with Gasteiger partial charge >= 0.3 is 0 Å². The van der Waals surface area contributed by atoms with Crippen LogP contribution in [0.15, 0.2) is 29.8 Å². The molecule has 1 N–H and O–H groups in total. The molecular formula is C19H26FN3O2. The van der Waals surface area contributed by atoms with Gasteiger partial charge in [0.05, 0.1) is 24.6 Å². The molecule has 1 aromatic carbocycles. The van der Waals surface area contributed by atoms with E-state index < -0.39 is 0 Å². The van der Waals surface area contributed by atoms with Gasteiger partial charge < -0.3 is 19.9 Å². The maximum Gasteiger partial charge on any atom is 0.219 e. The van der Waals surface area contributed by atoms with E-state index in [0.717, 1.165) is 50.5 Å². The first-order valence-electron chi connectivity index (χ1n) is 8.93. The maximum absolute atomic E-state index is 13.8. The van der Waals surface area contributed by atoms with Crippen LogP contribution in [0.1, 0.15) is 19.8 Å². The Bertz CT molecular complexity index is 648. The Balaban J connectivity index is 1.72. The summed E-state index contributed by atoms with van der Waals surface area (Å²) in [5.74, 6) is -0.135. The van der Waals surface area contributed by atoms with E-state index in [0.29, 0.717) is 19.7 Å². The van der Waals surface area contributed by atoms with Crippen molar-refractivity contribution in [2.24, 2.45) is 0 Å². The molecule has 0 atom stereocenters. The average molecular weight is 347 g/mol. The summed E-state index contributed by atoms with van der Waals surface area (Å²) in [6.07, 6.45) is 4.03. The highest BCUT2D eigenvalue weighted by molar-refractivity contribution is 5.74. The van der Waals surface area contributed by atoms with E-state index in [4.69, 9.17) is 4.74 Å². The third-order valence-electron chi connectivity index (χ3n) is 4.73. The number of benzene rings is 1. The number of rotatable bonds is 4. The Hall–Kier alpha value is -2.08. The van der Waals surface area contributed by atoms with Gasteiger partial charge in [0.25, 0.3) is 0 Å². The zero-order valence-corrected chi connectivity index (χ0v) is 14.8. The van der Waals surface area contributed by atoms with E-state index in [1.54, 1.807) is 13.0 Å². The monoisotopic (exact) mass is 347 g/mol. The number of amides is 1. The molecule has 1 fully saturated rings. The van der Waals surface area contributed by atoms with Gasteiger partial charge in [0.2, 0.25) is 5.91 Å². The molecule has 2 heterocycles. The zero-order valence-electron chi connectivity index (χ0n) is 14.8. The fraction of sp³-hybridized carbons (Fsp3) is 0.526. The first-order valence-corrected chi connectivity index (χ1v) is 8.93. The fourth-order valence-corrected chi connectivity index (χ4v) is 3.34. The zero-order chi connectivity index (χ0) is 17.6. The summed E-state index contributed by atoms with van der Waals surface area (Å²) in [7, 11) is 0.